The highest BCUT2D eigenvalue weighted by Gasteiger charge is 2.27. The van der Waals surface area contributed by atoms with Crippen LogP contribution in [0.25, 0.3) is 0 Å². The topological polar surface area (TPSA) is 20.3 Å². The highest BCUT2D eigenvalue weighted by atomic mass is 35.5. The van der Waals surface area contributed by atoms with Crippen molar-refractivity contribution in [3.8, 4) is 0 Å². The molecule has 1 aromatic rings. The number of rotatable bonds is 3. The van der Waals surface area contributed by atoms with Gasteiger partial charge in [-0.05, 0) is 49.4 Å². The number of aryl methyl sites for hydroxylation is 1. The lowest BCUT2D eigenvalue weighted by molar-refractivity contribution is 0.0786. The fraction of sp³-hybridized carbons (Fsp3) is 0.500. The van der Waals surface area contributed by atoms with E-state index in [2.05, 4.69) is 0 Å². The molecular formula is C14H17ClFNO. The number of benzene rings is 1. The smallest absolute Gasteiger partial charge is 0.254 e. The maximum atomic E-state index is 13.0. The van der Waals surface area contributed by atoms with Crippen molar-refractivity contribution in [1.82, 2.24) is 4.90 Å². The number of hydrogen-bond acceptors (Lipinski definition) is 1. The monoisotopic (exact) mass is 269 g/mol. The van der Waals surface area contributed by atoms with E-state index in [1.54, 1.807) is 13.0 Å². The summed E-state index contributed by atoms with van der Waals surface area (Å²) < 4.78 is 13.0. The van der Waals surface area contributed by atoms with Gasteiger partial charge in [0, 0.05) is 24.5 Å². The van der Waals surface area contributed by atoms with E-state index in [9.17, 15) is 9.18 Å². The highest BCUT2D eigenvalue weighted by Crippen LogP contribution is 2.23. The fourth-order valence-corrected chi connectivity index (χ4v) is 2.75. The van der Waals surface area contributed by atoms with Gasteiger partial charge in [-0.3, -0.25) is 4.79 Å². The molecule has 2 rings (SSSR count). The van der Waals surface area contributed by atoms with Gasteiger partial charge >= 0.3 is 0 Å². The number of amides is 1. The first-order chi connectivity index (χ1) is 8.61. The van der Waals surface area contributed by atoms with E-state index in [1.807, 2.05) is 4.90 Å². The zero-order chi connectivity index (χ0) is 13.1. The van der Waals surface area contributed by atoms with Gasteiger partial charge < -0.3 is 4.90 Å². The van der Waals surface area contributed by atoms with Crippen LogP contribution in [0.3, 0.4) is 0 Å². The number of carbonyl (C=O) groups is 1. The van der Waals surface area contributed by atoms with Crippen molar-refractivity contribution in [2.24, 2.45) is 5.92 Å². The molecule has 1 aliphatic heterocycles. The molecule has 0 bridgehead atoms. The van der Waals surface area contributed by atoms with Crippen molar-refractivity contribution < 1.29 is 9.18 Å². The molecule has 4 heteroatoms. The number of likely N-dealkylation sites (tertiary alicyclic amines) is 1. The Bertz CT molecular complexity index is 449. The molecule has 1 atom stereocenters. The summed E-state index contributed by atoms with van der Waals surface area (Å²) in [5.74, 6) is 0.852. The summed E-state index contributed by atoms with van der Waals surface area (Å²) in [5, 5.41) is 0. The Morgan fingerprint density at radius 3 is 3.00 bits per heavy atom. The molecule has 98 valence electrons. The zero-order valence-corrected chi connectivity index (χ0v) is 11.2. The van der Waals surface area contributed by atoms with Crippen LogP contribution in [0, 0.1) is 18.7 Å². The van der Waals surface area contributed by atoms with E-state index >= 15 is 0 Å². The van der Waals surface area contributed by atoms with Crippen LogP contribution in [0.2, 0.25) is 0 Å². The molecule has 1 saturated heterocycles. The lowest BCUT2D eigenvalue weighted by Gasteiger charge is -2.17. The predicted octanol–water partition coefficient (Wildman–Crippen LogP) is 3.23. The van der Waals surface area contributed by atoms with Gasteiger partial charge in [-0.1, -0.05) is 0 Å². The Morgan fingerprint density at radius 2 is 2.33 bits per heavy atom. The van der Waals surface area contributed by atoms with Gasteiger partial charge in [-0.25, -0.2) is 4.39 Å². The van der Waals surface area contributed by atoms with Crippen molar-refractivity contribution >= 4 is 17.5 Å². The van der Waals surface area contributed by atoms with Gasteiger partial charge in [0.15, 0.2) is 0 Å². The molecule has 0 aliphatic carbocycles. The molecule has 1 unspecified atom stereocenters. The molecule has 1 amide bonds. The van der Waals surface area contributed by atoms with Crippen LogP contribution in [0.1, 0.15) is 28.8 Å². The summed E-state index contributed by atoms with van der Waals surface area (Å²) in [7, 11) is 0. The minimum Gasteiger partial charge on any atom is -0.338 e. The average molecular weight is 270 g/mol. The van der Waals surface area contributed by atoms with E-state index in [0.717, 1.165) is 25.9 Å². The molecule has 1 aliphatic rings. The predicted molar refractivity (Wildman–Crippen MR) is 70.5 cm³/mol. The number of hydrogen-bond donors (Lipinski definition) is 0. The molecule has 0 N–H and O–H groups in total. The van der Waals surface area contributed by atoms with Gasteiger partial charge in [0.05, 0.1) is 0 Å². The lowest BCUT2D eigenvalue weighted by atomic mass is 10.1. The second-order valence-electron chi connectivity index (χ2n) is 4.84. The Hall–Kier alpha value is -1.09. The molecule has 2 nitrogen and oxygen atoms in total. The van der Waals surface area contributed by atoms with E-state index in [0.29, 0.717) is 22.9 Å². The minimum absolute atomic E-state index is 0.00423. The van der Waals surface area contributed by atoms with E-state index < -0.39 is 0 Å². The second-order valence-corrected chi connectivity index (χ2v) is 5.22. The average Bonchev–Trinajstić information content (AvgIpc) is 2.77. The fourth-order valence-electron chi connectivity index (χ4n) is 2.44. The van der Waals surface area contributed by atoms with Crippen LogP contribution in [0.15, 0.2) is 18.2 Å². The molecule has 0 saturated carbocycles. The van der Waals surface area contributed by atoms with Crippen molar-refractivity contribution in [3.05, 3.63) is 35.1 Å². The van der Waals surface area contributed by atoms with Crippen molar-refractivity contribution in [1.29, 1.82) is 0 Å². The SMILES string of the molecule is Cc1cc(F)ccc1C(=O)N1CCC(CCCl)C1. The number of alkyl halides is 1. The summed E-state index contributed by atoms with van der Waals surface area (Å²) in [6.07, 6.45) is 1.96. The molecule has 0 spiro atoms. The van der Waals surface area contributed by atoms with Gasteiger partial charge in [0.25, 0.3) is 5.91 Å². The number of carbonyl (C=O) groups excluding carboxylic acids is 1. The largest absolute Gasteiger partial charge is 0.338 e. The van der Waals surface area contributed by atoms with E-state index in [1.165, 1.54) is 12.1 Å². The Labute approximate surface area is 112 Å². The summed E-state index contributed by atoms with van der Waals surface area (Å²) in [4.78, 5) is 14.1. The van der Waals surface area contributed by atoms with Crippen LogP contribution >= 0.6 is 11.6 Å². The van der Waals surface area contributed by atoms with Crippen LogP contribution in [-0.4, -0.2) is 29.8 Å². The summed E-state index contributed by atoms with van der Waals surface area (Å²) in [6, 6.07) is 4.31. The summed E-state index contributed by atoms with van der Waals surface area (Å²) >= 11 is 5.72. The maximum absolute atomic E-state index is 13.0. The van der Waals surface area contributed by atoms with Crippen molar-refractivity contribution in [2.75, 3.05) is 19.0 Å². The molecule has 1 heterocycles. The number of nitrogens with zero attached hydrogens (tertiary/aromatic N) is 1. The molecule has 0 radical (unpaired) electrons. The highest BCUT2D eigenvalue weighted by molar-refractivity contribution is 6.17. The second kappa shape index (κ2) is 5.70. The van der Waals surface area contributed by atoms with Gasteiger partial charge in [0.1, 0.15) is 5.82 Å². The lowest BCUT2D eigenvalue weighted by Crippen LogP contribution is -2.29. The molecule has 0 aromatic heterocycles. The third kappa shape index (κ3) is 2.83. The quantitative estimate of drug-likeness (QED) is 0.772. The third-order valence-corrected chi connectivity index (χ3v) is 3.73. The molecule has 1 fully saturated rings. The first-order valence-electron chi connectivity index (χ1n) is 6.23. The van der Waals surface area contributed by atoms with Crippen LogP contribution in [-0.2, 0) is 0 Å². The minimum atomic E-state index is -0.300. The van der Waals surface area contributed by atoms with Crippen LogP contribution in [0.4, 0.5) is 4.39 Å². The first kappa shape index (κ1) is 13.3. The summed E-state index contributed by atoms with van der Waals surface area (Å²) in [6.45, 7) is 3.31. The third-order valence-electron chi connectivity index (χ3n) is 3.51. The molecule has 18 heavy (non-hydrogen) atoms. The standard InChI is InChI=1S/C14H17ClFNO/c1-10-8-12(16)2-3-13(10)14(18)17-7-5-11(9-17)4-6-15/h2-3,8,11H,4-7,9H2,1H3. The normalized spacial score (nSPS) is 19.3. The van der Waals surface area contributed by atoms with Gasteiger partial charge in [0.2, 0.25) is 0 Å². The zero-order valence-electron chi connectivity index (χ0n) is 10.5. The van der Waals surface area contributed by atoms with Gasteiger partial charge in [-0.15, -0.1) is 11.6 Å². The first-order valence-corrected chi connectivity index (χ1v) is 6.76. The Morgan fingerprint density at radius 1 is 1.56 bits per heavy atom. The van der Waals surface area contributed by atoms with Crippen molar-refractivity contribution in [2.45, 2.75) is 19.8 Å². The van der Waals surface area contributed by atoms with Crippen LogP contribution in [0.5, 0.6) is 0 Å². The maximum Gasteiger partial charge on any atom is 0.254 e. The van der Waals surface area contributed by atoms with E-state index in [-0.39, 0.29) is 11.7 Å². The van der Waals surface area contributed by atoms with Crippen LogP contribution < -0.4 is 0 Å². The van der Waals surface area contributed by atoms with Crippen molar-refractivity contribution in [3.63, 3.8) is 0 Å². The number of halogens is 2. The Kier molecular flexibility index (Phi) is 4.23. The summed E-state index contributed by atoms with van der Waals surface area (Å²) in [5.41, 5.74) is 1.30. The van der Waals surface area contributed by atoms with E-state index in [4.69, 9.17) is 11.6 Å². The molecule has 1 aromatic carbocycles. The van der Waals surface area contributed by atoms with Gasteiger partial charge in [-0.2, -0.15) is 0 Å². The Balaban J connectivity index is 2.08. The molecular weight excluding hydrogens is 253 g/mol.